The predicted molar refractivity (Wildman–Crippen MR) is 108 cm³/mol. The smallest absolute Gasteiger partial charge is 0.268 e. The van der Waals surface area contributed by atoms with Crippen LogP contribution in [0.3, 0.4) is 0 Å². The molecule has 3 nitrogen and oxygen atoms in total. The second kappa shape index (κ2) is 8.12. The standard InChI is InChI=1S/C20H15Cl2NO2S/c1-13(9-14-5-3-2-4-6-14)10-18-19(24)23(20(25)26-18)12-15-7-8-16(21)17(22)11-15/h2-11H,12H2,1H3/b13-9+,18-10+. The van der Waals surface area contributed by atoms with Crippen LogP contribution in [0, 0.1) is 0 Å². The quantitative estimate of drug-likeness (QED) is 0.572. The van der Waals surface area contributed by atoms with Crippen LogP contribution >= 0.6 is 35.0 Å². The van der Waals surface area contributed by atoms with Crippen molar-refractivity contribution < 1.29 is 9.59 Å². The lowest BCUT2D eigenvalue weighted by atomic mass is 10.1. The molecule has 0 spiro atoms. The van der Waals surface area contributed by atoms with Crippen LogP contribution in [0.2, 0.25) is 10.0 Å². The van der Waals surface area contributed by atoms with Gasteiger partial charge in [0.25, 0.3) is 11.1 Å². The number of rotatable bonds is 4. The van der Waals surface area contributed by atoms with E-state index in [2.05, 4.69) is 0 Å². The molecule has 1 fully saturated rings. The normalized spacial score (nSPS) is 16.7. The van der Waals surface area contributed by atoms with Crippen LogP contribution in [0.4, 0.5) is 4.79 Å². The van der Waals surface area contributed by atoms with Crippen LogP contribution in [-0.4, -0.2) is 16.0 Å². The average molecular weight is 404 g/mol. The Bertz CT molecular complexity index is 923. The van der Waals surface area contributed by atoms with Gasteiger partial charge in [-0.2, -0.15) is 0 Å². The van der Waals surface area contributed by atoms with Crippen molar-refractivity contribution in [1.82, 2.24) is 4.90 Å². The topological polar surface area (TPSA) is 37.4 Å². The third kappa shape index (κ3) is 4.39. The Labute approximate surface area is 166 Å². The maximum absolute atomic E-state index is 12.6. The molecule has 26 heavy (non-hydrogen) atoms. The number of carbonyl (C=O) groups excluding carboxylic acids is 2. The van der Waals surface area contributed by atoms with E-state index in [0.29, 0.717) is 15.0 Å². The number of imide groups is 1. The molecule has 0 aliphatic carbocycles. The highest BCUT2D eigenvalue weighted by Gasteiger charge is 2.34. The highest BCUT2D eigenvalue weighted by atomic mass is 35.5. The Morgan fingerprint density at radius 2 is 1.81 bits per heavy atom. The van der Waals surface area contributed by atoms with E-state index in [1.807, 2.05) is 43.3 Å². The SMILES string of the molecule is CC(=C\c1ccccc1)/C=C1/SC(=O)N(Cc2ccc(Cl)c(Cl)c2)C1=O. The Morgan fingerprint density at radius 1 is 1.08 bits per heavy atom. The van der Waals surface area contributed by atoms with E-state index in [9.17, 15) is 9.59 Å². The van der Waals surface area contributed by atoms with Crippen molar-refractivity contribution in [2.75, 3.05) is 0 Å². The van der Waals surface area contributed by atoms with E-state index in [-0.39, 0.29) is 17.7 Å². The zero-order valence-electron chi connectivity index (χ0n) is 13.9. The Kier molecular flexibility index (Phi) is 5.87. The summed E-state index contributed by atoms with van der Waals surface area (Å²) in [6, 6.07) is 14.9. The van der Waals surface area contributed by atoms with Gasteiger partial charge >= 0.3 is 0 Å². The highest BCUT2D eigenvalue weighted by Crippen LogP contribution is 2.33. The molecule has 132 valence electrons. The lowest BCUT2D eigenvalue weighted by Crippen LogP contribution is -2.27. The summed E-state index contributed by atoms with van der Waals surface area (Å²) in [5.41, 5.74) is 2.69. The minimum absolute atomic E-state index is 0.167. The molecule has 0 radical (unpaired) electrons. The number of hydrogen-bond donors (Lipinski definition) is 0. The zero-order valence-corrected chi connectivity index (χ0v) is 16.2. The zero-order chi connectivity index (χ0) is 18.7. The summed E-state index contributed by atoms with van der Waals surface area (Å²) in [6.07, 6.45) is 3.71. The van der Waals surface area contributed by atoms with Gasteiger partial charge in [-0.1, -0.05) is 65.7 Å². The lowest BCUT2D eigenvalue weighted by molar-refractivity contribution is -0.123. The molecule has 2 aromatic carbocycles. The minimum atomic E-state index is -0.299. The number of carbonyl (C=O) groups is 2. The molecule has 3 rings (SSSR count). The Morgan fingerprint density at radius 3 is 2.50 bits per heavy atom. The summed E-state index contributed by atoms with van der Waals surface area (Å²) in [4.78, 5) is 26.5. The molecular weight excluding hydrogens is 389 g/mol. The number of hydrogen-bond acceptors (Lipinski definition) is 3. The van der Waals surface area contributed by atoms with Gasteiger partial charge in [-0.15, -0.1) is 0 Å². The first kappa shape index (κ1) is 18.8. The molecule has 0 saturated carbocycles. The fraction of sp³-hybridized carbons (Fsp3) is 0.100. The van der Waals surface area contributed by atoms with E-state index in [1.165, 1.54) is 4.90 Å². The minimum Gasteiger partial charge on any atom is -0.268 e. The van der Waals surface area contributed by atoms with Gasteiger partial charge in [-0.25, -0.2) is 0 Å². The third-order valence-electron chi connectivity index (χ3n) is 3.75. The first-order valence-electron chi connectivity index (χ1n) is 7.86. The van der Waals surface area contributed by atoms with Gasteiger partial charge in [0.1, 0.15) is 0 Å². The van der Waals surface area contributed by atoms with Crippen molar-refractivity contribution in [3.05, 3.63) is 86.3 Å². The number of amides is 2. The highest BCUT2D eigenvalue weighted by molar-refractivity contribution is 8.18. The van der Waals surface area contributed by atoms with Gasteiger partial charge in [0, 0.05) is 0 Å². The van der Waals surface area contributed by atoms with E-state index in [4.69, 9.17) is 23.2 Å². The van der Waals surface area contributed by atoms with Crippen molar-refractivity contribution in [3.63, 3.8) is 0 Å². The van der Waals surface area contributed by atoms with Crippen molar-refractivity contribution in [1.29, 1.82) is 0 Å². The number of allylic oxidation sites excluding steroid dienone is 2. The first-order chi connectivity index (χ1) is 12.4. The van der Waals surface area contributed by atoms with E-state index in [0.717, 1.165) is 28.5 Å². The first-order valence-corrected chi connectivity index (χ1v) is 9.44. The maximum atomic E-state index is 12.6. The molecule has 0 N–H and O–H groups in total. The van der Waals surface area contributed by atoms with Gasteiger partial charge in [0.2, 0.25) is 0 Å². The van der Waals surface area contributed by atoms with Gasteiger partial charge in [-0.3, -0.25) is 14.5 Å². The predicted octanol–water partition coefficient (Wildman–Crippen LogP) is 6.18. The molecule has 1 heterocycles. The van der Waals surface area contributed by atoms with Crippen LogP contribution in [0.15, 0.2) is 65.1 Å². The molecular formula is C20H15Cl2NO2S. The van der Waals surface area contributed by atoms with Crippen LogP contribution in [0.1, 0.15) is 18.1 Å². The molecule has 1 saturated heterocycles. The molecule has 2 aromatic rings. The molecule has 0 atom stereocenters. The van der Waals surface area contributed by atoms with Crippen LogP contribution in [0.5, 0.6) is 0 Å². The number of nitrogens with zero attached hydrogens (tertiary/aromatic N) is 1. The second-order valence-corrected chi connectivity index (χ2v) is 7.62. The fourth-order valence-corrected chi connectivity index (χ4v) is 3.73. The van der Waals surface area contributed by atoms with E-state index < -0.39 is 0 Å². The van der Waals surface area contributed by atoms with Crippen molar-refractivity contribution in [2.45, 2.75) is 13.5 Å². The number of thioether (sulfide) groups is 1. The maximum Gasteiger partial charge on any atom is 0.293 e. The molecule has 0 aromatic heterocycles. The van der Waals surface area contributed by atoms with Gasteiger partial charge in [-0.05, 0) is 53.6 Å². The molecule has 0 unspecified atom stereocenters. The largest absolute Gasteiger partial charge is 0.293 e. The van der Waals surface area contributed by atoms with Crippen molar-refractivity contribution in [2.24, 2.45) is 0 Å². The van der Waals surface area contributed by atoms with Gasteiger partial charge in [0.15, 0.2) is 0 Å². The van der Waals surface area contributed by atoms with Crippen molar-refractivity contribution in [3.8, 4) is 0 Å². The van der Waals surface area contributed by atoms with E-state index >= 15 is 0 Å². The summed E-state index contributed by atoms with van der Waals surface area (Å²) in [7, 11) is 0. The van der Waals surface area contributed by atoms with Gasteiger partial charge < -0.3 is 0 Å². The molecule has 1 aliphatic rings. The lowest BCUT2D eigenvalue weighted by Gasteiger charge is -2.12. The molecule has 1 aliphatic heterocycles. The Balaban J connectivity index is 1.77. The van der Waals surface area contributed by atoms with E-state index in [1.54, 1.807) is 24.3 Å². The third-order valence-corrected chi connectivity index (χ3v) is 5.40. The summed E-state index contributed by atoms with van der Waals surface area (Å²) in [5, 5.41) is 0.541. The summed E-state index contributed by atoms with van der Waals surface area (Å²) in [6.45, 7) is 2.07. The van der Waals surface area contributed by atoms with Crippen LogP contribution in [-0.2, 0) is 11.3 Å². The summed E-state index contributed by atoms with van der Waals surface area (Å²) >= 11 is 12.9. The average Bonchev–Trinajstić information content (AvgIpc) is 2.86. The monoisotopic (exact) mass is 403 g/mol. The number of halogens is 2. The van der Waals surface area contributed by atoms with Crippen LogP contribution < -0.4 is 0 Å². The number of benzene rings is 2. The Hall–Kier alpha value is -2.01. The van der Waals surface area contributed by atoms with Gasteiger partial charge in [0.05, 0.1) is 21.5 Å². The molecule has 6 heteroatoms. The summed E-state index contributed by atoms with van der Waals surface area (Å²) in [5.74, 6) is -0.299. The fourth-order valence-electron chi connectivity index (χ4n) is 2.52. The second-order valence-electron chi connectivity index (χ2n) is 5.82. The van der Waals surface area contributed by atoms with Crippen LogP contribution in [0.25, 0.3) is 6.08 Å². The van der Waals surface area contributed by atoms with Crippen molar-refractivity contribution >= 4 is 52.2 Å². The molecule has 0 bridgehead atoms. The molecule has 2 amide bonds. The summed E-state index contributed by atoms with van der Waals surface area (Å²) < 4.78 is 0.